The third-order valence-electron chi connectivity index (χ3n) is 3.77. The number of furan rings is 1. The molecule has 3 N–H and O–H groups in total. The highest BCUT2D eigenvalue weighted by atomic mass is 127. The van der Waals surface area contributed by atoms with Crippen molar-refractivity contribution >= 4 is 29.9 Å². The van der Waals surface area contributed by atoms with E-state index in [1.54, 1.807) is 13.3 Å². The molecule has 0 bridgehead atoms. The second-order valence-electron chi connectivity index (χ2n) is 5.96. The van der Waals surface area contributed by atoms with Crippen molar-refractivity contribution < 1.29 is 9.15 Å². The summed E-state index contributed by atoms with van der Waals surface area (Å²) < 4.78 is 11.0. The van der Waals surface area contributed by atoms with Gasteiger partial charge in [0.05, 0.1) is 18.9 Å². The topological polar surface area (TPSA) is 100 Å². The van der Waals surface area contributed by atoms with Gasteiger partial charge >= 0.3 is 0 Å². The maximum absolute atomic E-state index is 5.75. The fourth-order valence-corrected chi connectivity index (χ4v) is 2.43. The lowest BCUT2D eigenvalue weighted by Crippen LogP contribution is -2.39. The smallest absolute Gasteiger partial charge is 0.216 e. The van der Waals surface area contributed by atoms with Crippen molar-refractivity contribution in [3.05, 3.63) is 24.2 Å². The summed E-state index contributed by atoms with van der Waals surface area (Å²) in [5, 5.41) is 13.5. The van der Waals surface area contributed by atoms with E-state index in [0.29, 0.717) is 29.9 Å². The number of halogens is 1. The molecule has 0 radical (unpaired) electrons. The Bertz CT molecular complexity index is 641. The summed E-state index contributed by atoms with van der Waals surface area (Å²) >= 11 is 0. The Morgan fingerprint density at radius 3 is 2.81 bits per heavy atom. The van der Waals surface area contributed by atoms with E-state index in [9.17, 15) is 0 Å². The number of guanidine groups is 1. The molecule has 146 valence electrons. The lowest BCUT2D eigenvalue weighted by molar-refractivity contribution is 0.0258. The van der Waals surface area contributed by atoms with E-state index in [2.05, 4.69) is 44.7 Å². The first-order valence-corrected chi connectivity index (χ1v) is 8.65. The predicted octanol–water partition coefficient (Wildman–Crippen LogP) is 2.80. The number of H-pyrrole nitrogens is 1. The van der Waals surface area contributed by atoms with Crippen LogP contribution in [0.3, 0.4) is 0 Å². The van der Waals surface area contributed by atoms with E-state index in [0.717, 1.165) is 25.5 Å². The normalized spacial score (nSPS) is 12.7. The molecule has 1 unspecified atom stereocenters. The highest BCUT2D eigenvalue weighted by Gasteiger charge is 2.13. The average Bonchev–Trinajstić information content (AvgIpc) is 3.27. The molecule has 0 aromatic carbocycles. The average molecular weight is 476 g/mol. The van der Waals surface area contributed by atoms with E-state index in [1.807, 2.05) is 19.1 Å². The van der Waals surface area contributed by atoms with Gasteiger partial charge in [-0.15, -0.1) is 29.1 Å². The van der Waals surface area contributed by atoms with Crippen molar-refractivity contribution in [2.45, 2.75) is 39.8 Å². The van der Waals surface area contributed by atoms with Crippen molar-refractivity contribution in [3.63, 3.8) is 0 Å². The van der Waals surface area contributed by atoms with E-state index in [-0.39, 0.29) is 30.1 Å². The molecule has 0 saturated heterocycles. The fraction of sp³-hybridized carbons (Fsp3) is 0.588. The van der Waals surface area contributed by atoms with Crippen LogP contribution in [0.25, 0.3) is 11.6 Å². The highest BCUT2D eigenvalue weighted by molar-refractivity contribution is 14.0. The molecule has 2 rings (SSSR count). The summed E-state index contributed by atoms with van der Waals surface area (Å²) in [6.45, 7) is 8.39. The van der Waals surface area contributed by atoms with Crippen LogP contribution in [-0.2, 0) is 11.3 Å². The van der Waals surface area contributed by atoms with Gasteiger partial charge in [0, 0.05) is 20.2 Å². The number of aromatic nitrogens is 3. The number of hydrogen-bond donors (Lipinski definition) is 3. The Balaban J connectivity index is 0.00000338. The quantitative estimate of drug-likeness (QED) is 0.293. The lowest BCUT2D eigenvalue weighted by atomic mass is 10.0. The second kappa shape index (κ2) is 11.9. The number of aliphatic imine (C=N–C) groups is 1. The van der Waals surface area contributed by atoms with Crippen LogP contribution in [0.2, 0.25) is 0 Å². The number of aromatic amines is 1. The number of ether oxygens (including phenoxy) is 1. The minimum absolute atomic E-state index is 0. The molecule has 8 nitrogen and oxygen atoms in total. The summed E-state index contributed by atoms with van der Waals surface area (Å²) in [6, 6.07) is 3.63. The van der Waals surface area contributed by atoms with Crippen molar-refractivity contribution in [2.75, 3.05) is 20.2 Å². The monoisotopic (exact) mass is 476 g/mol. The summed E-state index contributed by atoms with van der Waals surface area (Å²) in [6.07, 6.45) is 2.78. The summed E-state index contributed by atoms with van der Waals surface area (Å²) in [5.41, 5.74) is 0. The van der Waals surface area contributed by atoms with Crippen LogP contribution < -0.4 is 10.6 Å². The fourth-order valence-electron chi connectivity index (χ4n) is 2.43. The number of rotatable bonds is 9. The lowest BCUT2D eigenvalue weighted by Gasteiger charge is -2.21. The molecule has 2 aromatic rings. The third-order valence-corrected chi connectivity index (χ3v) is 3.77. The van der Waals surface area contributed by atoms with Gasteiger partial charge in [-0.2, -0.15) is 0 Å². The van der Waals surface area contributed by atoms with Gasteiger partial charge in [0.25, 0.3) is 0 Å². The minimum atomic E-state index is 0. The molecule has 0 amide bonds. The van der Waals surface area contributed by atoms with Gasteiger partial charge < -0.3 is 19.8 Å². The first-order chi connectivity index (χ1) is 12.1. The molecular weight excluding hydrogens is 447 g/mol. The third kappa shape index (κ3) is 6.94. The largest absolute Gasteiger partial charge is 0.461 e. The molecular formula is C17H29IN6O2. The highest BCUT2D eigenvalue weighted by Crippen LogP contribution is 2.14. The molecule has 0 aliphatic rings. The first-order valence-electron chi connectivity index (χ1n) is 8.65. The molecule has 9 heteroatoms. The van der Waals surface area contributed by atoms with E-state index >= 15 is 0 Å². The zero-order valence-corrected chi connectivity index (χ0v) is 18.1. The van der Waals surface area contributed by atoms with Crippen LogP contribution in [0, 0.1) is 5.92 Å². The van der Waals surface area contributed by atoms with Gasteiger partial charge in [-0.25, -0.2) is 4.98 Å². The van der Waals surface area contributed by atoms with Crippen molar-refractivity contribution in [1.29, 1.82) is 0 Å². The molecule has 0 fully saturated rings. The number of hydrogen-bond acceptors (Lipinski definition) is 5. The minimum Gasteiger partial charge on any atom is -0.461 e. The Hall–Kier alpha value is -1.62. The summed E-state index contributed by atoms with van der Waals surface area (Å²) in [5.74, 6) is 3.10. The number of nitrogens with zero attached hydrogens (tertiary/aromatic N) is 3. The Morgan fingerprint density at radius 2 is 2.19 bits per heavy atom. The predicted molar refractivity (Wildman–Crippen MR) is 113 cm³/mol. The van der Waals surface area contributed by atoms with E-state index in [4.69, 9.17) is 9.15 Å². The molecule has 26 heavy (non-hydrogen) atoms. The molecule has 0 saturated carbocycles. The molecule has 1 atom stereocenters. The Morgan fingerprint density at radius 1 is 1.38 bits per heavy atom. The zero-order chi connectivity index (χ0) is 18.1. The van der Waals surface area contributed by atoms with Crippen molar-refractivity contribution in [2.24, 2.45) is 10.9 Å². The maximum Gasteiger partial charge on any atom is 0.216 e. The first kappa shape index (κ1) is 22.4. The van der Waals surface area contributed by atoms with E-state index in [1.165, 1.54) is 0 Å². The van der Waals surface area contributed by atoms with Crippen LogP contribution in [0.15, 0.2) is 27.8 Å². The SMILES string of the molecule is CCOC(CCNC(=NC)NCc1nc(-c2ccco2)n[nH]1)C(C)C.I. The van der Waals surface area contributed by atoms with Gasteiger partial charge in [-0.3, -0.25) is 10.1 Å². The van der Waals surface area contributed by atoms with Crippen LogP contribution >= 0.6 is 24.0 Å². The molecule has 2 heterocycles. The van der Waals surface area contributed by atoms with Crippen molar-refractivity contribution in [1.82, 2.24) is 25.8 Å². The van der Waals surface area contributed by atoms with Crippen LogP contribution in [0.4, 0.5) is 0 Å². The Kier molecular flexibility index (Phi) is 10.3. The summed E-state index contributed by atoms with van der Waals surface area (Å²) in [4.78, 5) is 8.61. The van der Waals surface area contributed by atoms with Gasteiger partial charge in [0.15, 0.2) is 11.7 Å². The summed E-state index contributed by atoms with van der Waals surface area (Å²) in [7, 11) is 1.74. The molecule has 0 aliphatic carbocycles. The Labute approximate surface area is 171 Å². The molecule has 0 aliphatic heterocycles. The van der Waals surface area contributed by atoms with Gasteiger partial charge in [0.2, 0.25) is 5.82 Å². The van der Waals surface area contributed by atoms with Crippen LogP contribution in [-0.4, -0.2) is 47.4 Å². The molecule has 0 spiro atoms. The van der Waals surface area contributed by atoms with Crippen molar-refractivity contribution in [3.8, 4) is 11.6 Å². The number of nitrogens with one attached hydrogen (secondary N) is 3. The maximum atomic E-state index is 5.75. The molecule has 2 aromatic heterocycles. The van der Waals surface area contributed by atoms with Gasteiger partial charge in [-0.1, -0.05) is 13.8 Å². The zero-order valence-electron chi connectivity index (χ0n) is 15.8. The second-order valence-corrected chi connectivity index (χ2v) is 5.96. The van der Waals surface area contributed by atoms with Gasteiger partial charge in [-0.05, 0) is 31.4 Å². The van der Waals surface area contributed by atoms with Gasteiger partial charge in [0.1, 0.15) is 5.82 Å². The van der Waals surface area contributed by atoms with Crippen LogP contribution in [0.5, 0.6) is 0 Å². The van der Waals surface area contributed by atoms with E-state index < -0.39 is 0 Å². The van der Waals surface area contributed by atoms with Crippen LogP contribution in [0.1, 0.15) is 33.0 Å². The standard InChI is InChI=1S/C17H28N6O2.HI/c1-5-24-13(12(2)3)8-9-19-17(18-4)20-11-15-21-16(23-22-15)14-7-6-10-25-14;/h6-7,10,12-13H,5,8-9,11H2,1-4H3,(H2,18,19,20)(H,21,22,23);1H.